The largest absolute Gasteiger partial charge is 0.385 e. The summed E-state index contributed by atoms with van der Waals surface area (Å²) in [6.45, 7) is 6.34. The van der Waals surface area contributed by atoms with E-state index in [0.29, 0.717) is 18.3 Å². The Labute approximate surface area is 83.5 Å². The van der Waals surface area contributed by atoms with Gasteiger partial charge in [-0.3, -0.25) is 0 Å². The minimum Gasteiger partial charge on any atom is -0.385 e. The zero-order valence-corrected chi connectivity index (χ0v) is 8.36. The monoisotopic (exact) mass is 193 g/mol. The van der Waals surface area contributed by atoms with E-state index in [0.717, 1.165) is 12.8 Å². The molecule has 1 aliphatic carbocycles. The molecule has 0 unspecified atom stereocenters. The maximum Gasteiger partial charge on any atom is 0.346 e. The highest BCUT2D eigenvalue weighted by Crippen LogP contribution is 2.45. The van der Waals surface area contributed by atoms with Gasteiger partial charge in [0.25, 0.3) is 0 Å². The average molecular weight is 193 g/mol. The van der Waals surface area contributed by atoms with E-state index in [2.05, 4.69) is 18.5 Å². The summed E-state index contributed by atoms with van der Waals surface area (Å²) in [6, 6.07) is -0.214. The number of amidine groups is 1. The molecule has 1 saturated carbocycles. The second-order valence-corrected chi connectivity index (χ2v) is 4.22. The molecular weight excluding hydrogens is 178 g/mol. The molecule has 0 radical (unpaired) electrons. The number of nitrogens with zero attached hydrogens (tertiary/aromatic N) is 2. The number of nitrogens with two attached hydrogens (primary N) is 1. The third kappa shape index (κ3) is 0.997. The third-order valence-electron chi connectivity index (χ3n) is 3.12. The van der Waals surface area contributed by atoms with Crippen LogP contribution in [0.5, 0.6) is 0 Å². The predicted molar refractivity (Wildman–Crippen MR) is 55.1 cm³/mol. The van der Waals surface area contributed by atoms with E-state index in [9.17, 15) is 4.79 Å². The quantitative estimate of drug-likeness (QED) is 0.668. The van der Waals surface area contributed by atoms with Crippen molar-refractivity contribution in [2.24, 2.45) is 16.6 Å². The molecule has 14 heavy (non-hydrogen) atoms. The Hall–Kier alpha value is -1.32. The molecule has 2 aliphatic rings. The van der Waals surface area contributed by atoms with E-state index >= 15 is 0 Å². The molecule has 1 heterocycles. The number of carbonyl (C=O) groups excluding carboxylic acids is 1. The van der Waals surface area contributed by atoms with Crippen molar-refractivity contribution in [3.05, 3.63) is 12.7 Å². The summed E-state index contributed by atoms with van der Waals surface area (Å²) in [7, 11) is 0. The van der Waals surface area contributed by atoms with Crippen LogP contribution < -0.4 is 5.73 Å². The van der Waals surface area contributed by atoms with Gasteiger partial charge in [0.1, 0.15) is 11.4 Å². The predicted octanol–water partition coefficient (Wildman–Crippen LogP) is 1.13. The van der Waals surface area contributed by atoms with E-state index in [4.69, 9.17) is 5.73 Å². The van der Waals surface area contributed by atoms with Crippen molar-refractivity contribution >= 4 is 11.9 Å². The number of amides is 2. The van der Waals surface area contributed by atoms with Gasteiger partial charge in [0.05, 0.1) is 0 Å². The van der Waals surface area contributed by atoms with E-state index in [1.165, 1.54) is 0 Å². The van der Waals surface area contributed by atoms with Crippen molar-refractivity contribution in [2.75, 3.05) is 6.54 Å². The molecule has 2 rings (SSSR count). The van der Waals surface area contributed by atoms with E-state index in [-0.39, 0.29) is 11.6 Å². The SMILES string of the molecule is C=CCN1C(=O)N=C(N)C12CC(C)C2. The fourth-order valence-electron chi connectivity index (χ4n) is 2.49. The Morgan fingerprint density at radius 1 is 1.79 bits per heavy atom. The molecule has 1 fully saturated rings. The lowest BCUT2D eigenvalue weighted by atomic mass is 9.68. The van der Waals surface area contributed by atoms with Crippen molar-refractivity contribution in [2.45, 2.75) is 25.3 Å². The summed E-state index contributed by atoms with van der Waals surface area (Å²) >= 11 is 0. The standard InChI is InChI=1S/C10H15N3O/c1-3-4-13-9(14)12-8(11)10(13)5-7(2)6-10/h3,7H,1,4-6H2,2H3,(H2,11,12,14). The van der Waals surface area contributed by atoms with Gasteiger partial charge in [-0.1, -0.05) is 13.0 Å². The summed E-state index contributed by atoms with van der Waals surface area (Å²) in [4.78, 5) is 17.1. The first-order valence-electron chi connectivity index (χ1n) is 4.87. The van der Waals surface area contributed by atoms with E-state index in [1.54, 1.807) is 11.0 Å². The van der Waals surface area contributed by atoms with Gasteiger partial charge in [-0.25, -0.2) is 4.79 Å². The second kappa shape index (κ2) is 2.83. The van der Waals surface area contributed by atoms with E-state index in [1.807, 2.05) is 0 Å². The number of rotatable bonds is 2. The zero-order valence-electron chi connectivity index (χ0n) is 8.36. The number of urea groups is 1. The molecule has 0 aromatic heterocycles. The number of hydrogen-bond acceptors (Lipinski definition) is 2. The van der Waals surface area contributed by atoms with Crippen molar-refractivity contribution in [3.63, 3.8) is 0 Å². The van der Waals surface area contributed by atoms with Crippen LogP contribution in [0.25, 0.3) is 0 Å². The van der Waals surface area contributed by atoms with Crippen molar-refractivity contribution in [3.8, 4) is 0 Å². The molecule has 2 N–H and O–H groups in total. The highest BCUT2D eigenvalue weighted by atomic mass is 16.2. The number of aliphatic imine (C=N–C) groups is 1. The molecule has 4 heteroatoms. The van der Waals surface area contributed by atoms with Crippen LogP contribution in [-0.2, 0) is 0 Å². The van der Waals surface area contributed by atoms with Crippen LogP contribution >= 0.6 is 0 Å². The molecule has 4 nitrogen and oxygen atoms in total. The lowest BCUT2D eigenvalue weighted by molar-refractivity contribution is 0.0847. The maximum absolute atomic E-state index is 11.5. The Morgan fingerprint density at radius 2 is 2.43 bits per heavy atom. The summed E-state index contributed by atoms with van der Waals surface area (Å²) in [6.07, 6.45) is 3.58. The van der Waals surface area contributed by atoms with Gasteiger partial charge >= 0.3 is 6.03 Å². The molecule has 0 atom stereocenters. The Morgan fingerprint density at radius 3 is 2.93 bits per heavy atom. The lowest BCUT2D eigenvalue weighted by Gasteiger charge is -2.48. The van der Waals surface area contributed by atoms with Gasteiger partial charge in [0.2, 0.25) is 0 Å². The topological polar surface area (TPSA) is 58.7 Å². The molecule has 1 spiro atoms. The first kappa shape index (κ1) is 9.24. The molecule has 0 bridgehead atoms. The molecular formula is C10H15N3O. The van der Waals surface area contributed by atoms with Crippen LogP contribution in [0.3, 0.4) is 0 Å². The molecule has 1 aliphatic heterocycles. The Bertz CT molecular complexity index is 315. The van der Waals surface area contributed by atoms with Gasteiger partial charge < -0.3 is 10.6 Å². The van der Waals surface area contributed by atoms with Crippen LogP contribution in [0.2, 0.25) is 0 Å². The summed E-state index contributed by atoms with van der Waals surface area (Å²) in [5.41, 5.74) is 5.53. The second-order valence-electron chi connectivity index (χ2n) is 4.22. The fourth-order valence-corrected chi connectivity index (χ4v) is 2.49. The van der Waals surface area contributed by atoms with Crippen LogP contribution in [0.1, 0.15) is 19.8 Å². The van der Waals surface area contributed by atoms with Gasteiger partial charge in [-0.2, -0.15) is 4.99 Å². The smallest absolute Gasteiger partial charge is 0.346 e. The molecule has 0 aromatic rings. The number of hydrogen-bond donors (Lipinski definition) is 1. The first-order valence-corrected chi connectivity index (χ1v) is 4.87. The van der Waals surface area contributed by atoms with Crippen LogP contribution in [0, 0.1) is 5.92 Å². The molecule has 0 aromatic carbocycles. The Balaban J connectivity index is 2.25. The summed E-state index contributed by atoms with van der Waals surface area (Å²) < 4.78 is 0. The summed E-state index contributed by atoms with van der Waals surface area (Å²) in [5, 5.41) is 0. The van der Waals surface area contributed by atoms with Crippen molar-refractivity contribution in [1.82, 2.24) is 4.90 Å². The van der Waals surface area contributed by atoms with Crippen LogP contribution in [0.4, 0.5) is 4.79 Å². The highest BCUT2D eigenvalue weighted by Gasteiger charge is 2.54. The maximum atomic E-state index is 11.5. The van der Waals surface area contributed by atoms with E-state index < -0.39 is 0 Å². The average Bonchev–Trinajstić information content (AvgIpc) is 2.29. The molecule has 0 saturated heterocycles. The molecule has 2 amide bonds. The minimum atomic E-state index is -0.273. The Kier molecular flexibility index (Phi) is 1.87. The fraction of sp³-hybridized carbons (Fsp3) is 0.600. The van der Waals surface area contributed by atoms with Gasteiger partial charge in [-0.05, 0) is 18.8 Å². The van der Waals surface area contributed by atoms with Crippen LogP contribution in [0.15, 0.2) is 17.6 Å². The van der Waals surface area contributed by atoms with Gasteiger partial charge in [0.15, 0.2) is 0 Å². The van der Waals surface area contributed by atoms with Crippen LogP contribution in [-0.4, -0.2) is 28.9 Å². The van der Waals surface area contributed by atoms with Gasteiger partial charge in [-0.15, -0.1) is 6.58 Å². The lowest BCUT2D eigenvalue weighted by Crippen LogP contribution is -2.61. The highest BCUT2D eigenvalue weighted by molar-refractivity contribution is 6.06. The minimum absolute atomic E-state index is 0.214. The molecule has 76 valence electrons. The zero-order chi connectivity index (χ0) is 10.3. The summed E-state index contributed by atoms with van der Waals surface area (Å²) in [5.74, 6) is 1.12. The third-order valence-corrected chi connectivity index (χ3v) is 3.12. The van der Waals surface area contributed by atoms with Crippen molar-refractivity contribution in [1.29, 1.82) is 0 Å². The normalized spacial score (nSPS) is 35.8. The number of carbonyl (C=O) groups is 1. The first-order chi connectivity index (χ1) is 6.60. The van der Waals surface area contributed by atoms with Gasteiger partial charge in [0, 0.05) is 6.54 Å². The van der Waals surface area contributed by atoms with Crippen molar-refractivity contribution < 1.29 is 4.79 Å².